The molecule has 0 unspecified atom stereocenters. The van der Waals surface area contributed by atoms with Crippen LogP contribution >= 0.6 is 0 Å². The minimum absolute atomic E-state index is 0.0855. The largest absolute Gasteiger partial charge is 0.386 e. The Labute approximate surface area is 330 Å². The van der Waals surface area contributed by atoms with Crippen molar-refractivity contribution in [2.45, 2.75) is 35.7 Å². The third-order valence-electron chi connectivity index (χ3n) is 10.7. The van der Waals surface area contributed by atoms with Gasteiger partial charge in [-0.15, -0.1) is 0 Å². The van der Waals surface area contributed by atoms with E-state index < -0.39 is 47.0 Å². The summed E-state index contributed by atoms with van der Waals surface area (Å²) in [5.74, 6) is 0. The van der Waals surface area contributed by atoms with Crippen molar-refractivity contribution in [3.8, 4) is 0 Å². The van der Waals surface area contributed by atoms with Gasteiger partial charge in [0.1, 0.15) is 29.5 Å². The quantitative estimate of drug-likeness (QED) is 0.117. The fourth-order valence-electron chi connectivity index (χ4n) is 7.97. The predicted molar refractivity (Wildman–Crippen MR) is 221 cm³/mol. The van der Waals surface area contributed by atoms with Crippen LogP contribution in [0.5, 0.6) is 0 Å². The first-order chi connectivity index (χ1) is 28.0. The Hall–Kier alpha value is -6.42. The van der Waals surface area contributed by atoms with Crippen LogP contribution < -0.4 is 11.2 Å². The molecule has 1 aliphatic heterocycles. The molecule has 7 aromatic rings. The first-order valence-corrected chi connectivity index (χ1v) is 18.9. The summed E-state index contributed by atoms with van der Waals surface area (Å²) in [5.41, 5.74) is 1.53. The monoisotopic (exact) mass is 754 g/mol. The van der Waals surface area contributed by atoms with Gasteiger partial charge in [-0.1, -0.05) is 195 Å². The van der Waals surface area contributed by atoms with E-state index >= 15 is 0 Å². The van der Waals surface area contributed by atoms with Gasteiger partial charge in [-0.25, -0.2) is 4.79 Å². The number of nitrogens with zero attached hydrogens (tertiary/aromatic N) is 1. The van der Waals surface area contributed by atoms with Crippen molar-refractivity contribution in [2.24, 2.45) is 0 Å². The molecule has 2 N–H and O–H groups in total. The van der Waals surface area contributed by atoms with E-state index in [2.05, 4.69) is 11.6 Å². The number of aliphatic hydroxyl groups is 1. The molecule has 0 saturated carbocycles. The third kappa shape index (κ3) is 7.01. The second-order valence-electron chi connectivity index (χ2n) is 14.0. The predicted octanol–water partition coefficient (Wildman–Crippen LogP) is 7.82. The molecule has 8 heteroatoms. The Kier molecular flexibility index (Phi) is 10.8. The van der Waals surface area contributed by atoms with Gasteiger partial charge in [-0.3, -0.25) is 14.3 Å². The Morgan fingerprint density at radius 2 is 0.982 bits per heavy atom. The summed E-state index contributed by atoms with van der Waals surface area (Å²) in [6.45, 7) is 3.66. The summed E-state index contributed by atoms with van der Waals surface area (Å²) in [5, 5.41) is 12.5. The Bertz CT molecular complexity index is 2320. The van der Waals surface area contributed by atoms with Gasteiger partial charge in [-0.2, -0.15) is 0 Å². The molecule has 1 aromatic heterocycles. The van der Waals surface area contributed by atoms with Crippen molar-refractivity contribution in [1.82, 2.24) is 9.55 Å². The molecule has 2 heterocycles. The van der Waals surface area contributed by atoms with E-state index in [1.54, 1.807) is 0 Å². The zero-order valence-corrected chi connectivity index (χ0v) is 31.1. The molecule has 0 aliphatic carbocycles. The van der Waals surface area contributed by atoms with Crippen molar-refractivity contribution < 1.29 is 19.3 Å². The van der Waals surface area contributed by atoms with Crippen molar-refractivity contribution in [3.63, 3.8) is 0 Å². The van der Waals surface area contributed by atoms with E-state index in [4.69, 9.17) is 14.2 Å². The van der Waals surface area contributed by atoms with E-state index in [0.29, 0.717) is 0 Å². The average molecular weight is 755 g/mol. The minimum atomic E-state index is -1.42. The summed E-state index contributed by atoms with van der Waals surface area (Å²) < 4.78 is 22.7. The number of hydrogen-bond donors (Lipinski definition) is 2. The zero-order valence-electron chi connectivity index (χ0n) is 31.1. The highest BCUT2D eigenvalue weighted by Crippen LogP contribution is 2.46. The molecule has 0 amide bonds. The Morgan fingerprint density at radius 3 is 1.35 bits per heavy atom. The maximum Gasteiger partial charge on any atom is 0.330 e. The molecule has 0 spiro atoms. The van der Waals surface area contributed by atoms with Gasteiger partial charge in [0.05, 0.1) is 12.2 Å². The van der Waals surface area contributed by atoms with Crippen molar-refractivity contribution in [1.29, 1.82) is 0 Å². The van der Waals surface area contributed by atoms with Gasteiger partial charge in [-0.05, 0) is 33.4 Å². The smallest absolute Gasteiger partial charge is 0.330 e. The maximum atomic E-state index is 13.5. The first kappa shape index (κ1) is 37.5. The summed E-state index contributed by atoms with van der Waals surface area (Å²) in [6.07, 6.45) is -2.04. The van der Waals surface area contributed by atoms with Crippen molar-refractivity contribution in [2.75, 3.05) is 6.61 Å². The fourth-order valence-corrected chi connectivity index (χ4v) is 7.97. The molecule has 57 heavy (non-hydrogen) atoms. The molecule has 8 nitrogen and oxygen atoms in total. The third-order valence-corrected chi connectivity index (χ3v) is 10.7. The summed E-state index contributed by atoms with van der Waals surface area (Å²) in [4.78, 5) is 28.5. The van der Waals surface area contributed by atoms with Gasteiger partial charge in [0, 0.05) is 6.20 Å². The van der Waals surface area contributed by atoms with Crippen LogP contribution in [0, 0.1) is 0 Å². The highest BCUT2D eigenvalue weighted by molar-refractivity contribution is 5.49. The molecule has 8 rings (SSSR count). The number of nitrogens with one attached hydrogen (secondary N) is 1. The van der Waals surface area contributed by atoms with Crippen LogP contribution in [0.25, 0.3) is 6.08 Å². The van der Waals surface area contributed by atoms with Crippen LogP contribution in [0.3, 0.4) is 0 Å². The molecule has 1 aliphatic rings. The molecular formula is C49H42N2O6. The number of H-pyrrole nitrogens is 1. The number of aliphatic hydroxyl groups excluding tert-OH is 1. The normalized spacial score (nSPS) is 18.3. The van der Waals surface area contributed by atoms with Crippen LogP contribution in [0.1, 0.15) is 45.2 Å². The lowest BCUT2D eigenvalue weighted by Crippen LogP contribution is -2.47. The van der Waals surface area contributed by atoms with Crippen LogP contribution in [0.15, 0.2) is 204 Å². The highest BCUT2D eigenvalue weighted by Gasteiger charge is 2.52. The Morgan fingerprint density at radius 1 is 0.614 bits per heavy atom. The zero-order chi connectivity index (χ0) is 39.2. The highest BCUT2D eigenvalue weighted by atomic mass is 16.6. The summed E-state index contributed by atoms with van der Waals surface area (Å²) in [7, 11) is 0. The fraction of sp³-hybridized carbons (Fsp3) is 0.143. The van der Waals surface area contributed by atoms with Crippen molar-refractivity contribution in [3.05, 3.63) is 255 Å². The molecule has 0 radical (unpaired) electrons. The standard InChI is InChI=1S/C49H42N2O6/c1-2-35-33-51(47(54)50-45(35)53)46-43(52)44(57-49(39-27-15-6-16-28-39,40-29-17-7-18-30-40)41-31-19-8-20-32-41)42(56-46)34-55-48(36-21-9-3-10-22-36,37-23-11-4-12-24-37)38-25-13-5-14-26-38/h2-33,42-44,46,52H,1,34H2,(H,50,53,54)/t42-,43-,44-,46-/m1/s1. The molecular weight excluding hydrogens is 713 g/mol. The van der Waals surface area contributed by atoms with E-state index in [1.165, 1.54) is 16.8 Å². The van der Waals surface area contributed by atoms with Crippen LogP contribution in [-0.2, 0) is 25.4 Å². The van der Waals surface area contributed by atoms with Crippen molar-refractivity contribution >= 4 is 6.08 Å². The van der Waals surface area contributed by atoms with Gasteiger partial charge in [0.25, 0.3) is 5.56 Å². The lowest BCUT2D eigenvalue weighted by Gasteiger charge is -2.41. The maximum absolute atomic E-state index is 13.5. The molecule has 1 fully saturated rings. The lowest BCUT2D eigenvalue weighted by molar-refractivity contribution is -0.131. The second kappa shape index (κ2) is 16.4. The van der Waals surface area contributed by atoms with Crippen LogP contribution in [-0.4, -0.2) is 39.6 Å². The Balaban J connectivity index is 1.31. The molecule has 0 bridgehead atoms. The first-order valence-electron chi connectivity index (χ1n) is 18.9. The van der Waals surface area contributed by atoms with Gasteiger partial charge < -0.3 is 19.3 Å². The molecule has 6 aromatic carbocycles. The topological polar surface area (TPSA) is 103 Å². The van der Waals surface area contributed by atoms with Crippen LogP contribution in [0.4, 0.5) is 0 Å². The van der Waals surface area contributed by atoms with E-state index in [-0.39, 0.29) is 12.2 Å². The molecule has 284 valence electrons. The van der Waals surface area contributed by atoms with Gasteiger partial charge in [0.15, 0.2) is 6.23 Å². The number of ether oxygens (including phenoxy) is 3. The second-order valence-corrected chi connectivity index (χ2v) is 14.0. The number of hydrogen-bond acceptors (Lipinski definition) is 6. The molecule has 1 saturated heterocycles. The minimum Gasteiger partial charge on any atom is -0.386 e. The summed E-state index contributed by atoms with van der Waals surface area (Å²) >= 11 is 0. The number of aromatic nitrogens is 2. The number of aromatic amines is 1. The van der Waals surface area contributed by atoms with E-state index in [1.807, 2.05) is 182 Å². The summed E-state index contributed by atoms with van der Waals surface area (Å²) in [6, 6.07) is 59.5. The van der Waals surface area contributed by atoms with E-state index in [9.17, 15) is 14.7 Å². The van der Waals surface area contributed by atoms with Crippen LogP contribution in [0.2, 0.25) is 0 Å². The van der Waals surface area contributed by atoms with E-state index in [0.717, 1.165) is 33.4 Å². The van der Waals surface area contributed by atoms with Gasteiger partial charge >= 0.3 is 5.69 Å². The lowest BCUT2D eigenvalue weighted by atomic mass is 9.79. The number of benzene rings is 6. The average Bonchev–Trinajstić information content (AvgIpc) is 3.58. The van der Waals surface area contributed by atoms with Gasteiger partial charge in [0.2, 0.25) is 0 Å². The molecule has 4 atom stereocenters. The number of rotatable bonds is 13. The SMILES string of the molecule is C=Cc1cn([C@@H]2O[C@H](COC(c3ccccc3)(c3ccccc3)c3ccccc3)[C@@H](OC(c3ccccc3)(c3ccccc3)c3ccccc3)[C@H]2O)c(=O)[nH]c1=O.